The average Bonchev–Trinajstić information content (AvgIpc) is 3.00. The van der Waals surface area contributed by atoms with E-state index in [1.165, 1.54) is 0 Å². The van der Waals surface area contributed by atoms with Crippen LogP contribution in [0.1, 0.15) is 19.8 Å². The third-order valence-electron chi connectivity index (χ3n) is 3.32. The number of nitrogens with zero attached hydrogens (tertiary/aromatic N) is 2. The topological polar surface area (TPSA) is 64.0 Å². The van der Waals surface area contributed by atoms with E-state index in [1.54, 1.807) is 31.6 Å². The van der Waals surface area contributed by atoms with Gasteiger partial charge >= 0.3 is 0 Å². The Kier molecular flexibility index (Phi) is 5.38. The highest BCUT2D eigenvalue weighted by atomic mass is 32.2. The number of unbranched alkanes of at least 4 members (excludes halogenated alkanes) is 1. The third kappa shape index (κ3) is 4.32. The molecule has 0 unspecified atom stereocenters. The number of hydrogen-bond donors (Lipinski definition) is 1. The summed E-state index contributed by atoms with van der Waals surface area (Å²) in [5, 5.41) is 3.23. The van der Waals surface area contributed by atoms with Crippen molar-refractivity contribution in [3.05, 3.63) is 43.0 Å². The summed E-state index contributed by atoms with van der Waals surface area (Å²) >= 11 is 0. The van der Waals surface area contributed by atoms with Crippen molar-refractivity contribution < 1.29 is 8.42 Å². The zero-order valence-electron chi connectivity index (χ0n) is 12.2. The predicted molar refractivity (Wildman–Crippen MR) is 84.1 cm³/mol. The van der Waals surface area contributed by atoms with Crippen LogP contribution in [-0.2, 0) is 16.4 Å². The van der Waals surface area contributed by atoms with E-state index in [1.807, 2.05) is 22.9 Å². The highest BCUT2D eigenvalue weighted by Crippen LogP contribution is 2.21. The summed E-state index contributed by atoms with van der Waals surface area (Å²) in [6.07, 6.45) is 7.50. The lowest BCUT2D eigenvalue weighted by Crippen LogP contribution is -2.10. The van der Waals surface area contributed by atoms with Crippen LogP contribution in [0.25, 0.3) is 0 Å². The minimum absolute atomic E-state index is 0.117. The SMILES string of the molecule is CCS(=O)(=O)c1ccccc1NCCCCn1ccnc1. The van der Waals surface area contributed by atoms with Gasteiger partial charge in [0.2, 0.25) is 0 Å². The average molecular weight is 307 g/mol. The van der Waals surface area contributed by atoms with Gasteiger partial charge in [-0.3, -0.25) is 0 Å². The summed E-state index contributed by atoms with van der Waals surface area (Å²) in [5.41, 5.74) is 0.696. The largest absolute Gasteiger partial charge is 0.384 e. The summed E-state index contributed by atoms with van der Waals surface area (Å²) in [5.74, 6) is 0.117. The highest BCUT2D eigenvalue weighted by Gasteiger charge is 2.15. The standard InChI is InChI=1S/C15H21N3O2S/c1-2-21(19,20)15-8-4-3-7-14(15)17-9-5-6-11-18-12-10-16-13-18/h3-4,7-8,10,12-13,17H,2,5-6,9,11H2,1H3. The Morgan fingerprint density at radius 3 is 2.76 bits per heavy atom. The fourth-order valence-electron chi connectivity index (χ4n) is 2.10. The number of aromatic nitrogens is 2. The van der Waals surface area contributed by atoms with E-state index in [9.17, 15) is 8.42 Å². The molecule has 0 fully saturated rings. The molecule has 114 valence electrons. The van der Waals surface area contributed by atoms with Gasteiger partial charge in [0.25, 0.3) is 0 Å². The molecule has 0 amide bonds. The number of para-hydroxylation sites is 1. The summed E-state index contributed by atoms with van der Waals surface area (Å²) in [7, 11) is -3.18. The molecule has 2 rings (SSSR count). The normalized spacial score (nSPS) is 11.5. The second-order valence-electron chi connectivity index (χ2n) is 4.83. The molecule has 1 N–H and O–H groups in total. The quantitative estimate of drug-likeness (QED) is 0.761. The molecular formula is C15H21N3O2S. The van der Waals surface area contributed by atoms with Crippen LogP contribution < -0.4 is 5.32 Å². The Balaban J connectivity index is 1.86. The zero-order chi connectivity index (χ0) is 15.1. The molecule has 21 heavy (non-hydrogen) atoms. The van der Waals surface area contributed by atoms with Gasteiger partial charge in [0, 0.05) is 25.5 Å². The highest BCUT2D eigenvalue weighted by molar-refractivity contribution is 7.91. The monoisotopic (exact) mass is 307 g/mol. The molecule has 0 aliphatic rings. The number of rotatable bonds is 8. The van der Waals surface area contributed by atoms with Crippen molar-refractivity contribution in [3.8, 4) is 0 Å². The Labute approximate surface area is 125 Å². The van der Waals surface area contributed by atoms with Gasteiger partial charge in [-0.1, -0.05) is 19.1 Å². The van der Waals surface area contributed by atoms with Crippen LogP contribution in [0.4, 0.5) is 5.69 Å². The molecule has 0 aliphatic carbocycles. The van der Waals surface area contributed by atoms with E-state index in [-0.39, 0.29) is 5.75 Å². The molecule has 0 saturated carbocycles. The number of aryl methyl sites for hydroxylation is 1. The second kappa shape index (κ2) is 7.26. The summed E-state index contributed by atoms with van der Waals surface area (Å²) in [6, 6.07) is 7.08. The molecule has 0 aliphatic heterocycles. The Hall–Kier alpha value is -1.82. The van der Waals surface area contributed by atoms with Crippen molar-refractivity contribution in [2.24, 2.45) is 0 Å². The van der Waals surface area contributed by atoms with Gasteiger partial charge in [-0.25, -0.2) is 13.4 Å². The fraction of sp³-hybridized carbons (Fsp3) is 0.400. The molecule has 1 heterocycles. The van der Waals surface area contributed by atoms with Gasteiger partial charge in [-0.05, 0) is 25.0 Å². The van der Waals surface area contributed by atoms with E-state index in [4.69, 9.17) is 0 Å². The number of sulfone groups is 1. The molecule has 0 radical (unpaired) electrons. The molecular weight excluding hydrogens is 286 g/mol. The first-order valence-electron chi connectivity index (χ1n) is 7.15. The number of benzene rings is 1. The maximum atomic E-state index is 12.0. The van der Waals surface area contributed by atoms with Crippen molar-refractivity contribution in [2.45, 2.75) is 31.2 Å². The van der Waals surface area contributed by atoms with Crippen molar-refractivity contribution in [3.63, 3.8) is 0 Å². The van der Waals surface area contributed by atoms with Crippen LogP contribution >= 0.6 is 0 Å². The fourth-order valence-corrected chi connectivity index (χ4v) is 3.17. The molecule has 6 heteroatoms. The van der Waals surface area contributed by atoms with E-state index in [2.05, 4.69) is 10.3 Å². The summed E-state index contributed by atoms with van der Waals surface area (Å²) in [6.45, 7) is 3.35. The first-order chi connectivity index (χ1) is 10.1. The zero-order valence-corrected chi connectivity index (χ0v) is 13.0. The first kappa shape index (κ1) is 15.6. The van der Waals surface area contributed by atoms with Crippen molar-refractivity contribution in [1.82, 2.24) is 9.55 Å². The van der Waals surface area contributed by atoms with Gasteiger partial charge in [0.1, 0.15) is 0 Å². The van der Waals surface area contributed by atoms with Gasteiger partial charge in [-0.2, -0.15) is 0 Å². The van der Waals surface area contributed by atoms with Gasteiger partial charge in [0.15, 0.2) is 9.84 Å². The maximum absolute atomic E-state index is 12.0. The van der Waals surface area contributed by atoms with Crippen LogP contribution in [0.5, 0.6) is 0 Å². The molecule has 0 saturated heterocycles. The molecule has 1 aromatic heterocycles. The predicted octanol–water partition coefficient (Wildman–Crippen LogP) is 2.57. The minimum Gasteiger partial charge on any atom is -0.384 e. The van der Waals surface area contributed by atoms with Crippen LogP contribution in [0.2, 0.25) is 0 Å². The van der Waals surface area contributed by atoms with Crippen LogP contribution in [0, 0.1) is 0 Å². The Morgan fingerprint density at radius 2 is 2.05 bits per heavy atom. The van der Waals surface area contributed by atoms with Crippen molar-refractivity contribution in [1.29, 1.82) is 0 Å². The lowest BCUT2D eigenvalue weighted by Gasteiger charge is -2.11. The lowest BCUT2D eigenvalue weighted by atomic mass is 10.2. The smallest absolute Gasteiger partial charge is 0.180 e. The van der Waals surface area contributed by atoms with E-state index < -0.39 is 9.84 Å². The minimum atomic E-state index is -3.18. The molecule has 2 aromatic rings. The van der Waals surface area contributed by atoms with E-state index in [0.29, 0.717) is 10.6 Å². The van der Waals surface area contributed by atoms with Crippen LogP contribution in [0.15, 0.2) is 47.9 Å². The van der Waals surface area contributed by atoms with E-state index in [0.717, 1.165) is 25.9 Å². The molecule has 0 spiro atoms. The summed E-state index contributed by atoms with van der Waals surface area (Å²) < 4.78 is 26.1. The number of imidazole rings is 1. The number of anilines is 1. The maximum Gasteiger partial charge on any atom is 0.180 e. The number of nitrogens with one attached hydrogen (secondary N) is 1. The third-order valence-corrected chi connectivity index (χ3v) is 5.11. The van der Waals surface area contributed by atoms with E-state index >= 15 is 0 Å². The van der Waals surface area contributed by atoms with Crippen molar-refractivity contribution >= 4 is 15.5 Å². The van der Waals surface area contributed by atoms with Gasteiger partial charge < -0.3 is 9.88 Å². The second-order valence-corrected chi connectivity index (χ2v) is 7.08. The van der Waals surface area contributed by atoms with Crippen LogP contribution in [0.3, 0.4) is 0 Å². The number of hydrogen-bond acceptors (Lipinski definition) is 4. The molecule has 1 aromatic carbocycles. The van der Waals surface area contributed by atoms with Gasteiger partial charge in [0.05, 0.1) is 22.7 Å². The van der Waals surface area contributed by atoms with Crippen molar-refractivity contribution in [2.75, 3.05) is 17.6 Å². The van der Waals surface area contributed by atoms with Crippen LogP contribution in [-0.4, -0.2) is 30.3 Å². The Bertz CT molecular complexity index is 651. The molecule has 0 bridgehead atoms. The molecule has 0 atom stereocenters. The summed E-state index contributed by atoms with van der Waals surface area (Å²) in [4.78, 5) is 4.39. The van der Waals surface area contributed by atoms with Gasteiger partial charge in [-0.15, -0.1) is 0 Å². The first-order valence-corrected chi connectivity index (χ1v) is 8.80. The lowest BCUT2D eigenvalue weighted by molar-refractivity contribution is 0.597. The molecule has 5 nitrogen and oxygen atoms in total. The Morgan fingerprint density at radius 1 is 1.24 bits per heavy atom.